The Morgan fingerprint density at radius 1 is 1.40 bits per heavy atom. The van der Waals surface area contributed by atoms with Crippen LogP contribution in [0.15, 0.2) is 24.3 Å². The lowest BCUT2D eigenvalue weighted by atomic mass is 10.2. The Kier molecular flexibility index (Phi) is 3.86. The number of nitrogens with one attached hydrogen (secondary N) is 1. The average molecular weight is 317 g/mol. The first-order chi connectivity index (χ1) is 7.25. The smallest absolute Gasteiger partial charge is 0.0751 e. The van der Waals surface area contributed by atoms with Crippen molar-refractivity contribution in [1.82, 2.24) is 0 Å². The van der Waals surface area contributed by atoms with E-state index in [1.54, 1.807) is 0 Å². The second kappa shape index (κ2) is 5.16. The Balaban J connectivity index is 1.86. The monoisotopic (exact) mass is 317 g/mol. The van der Waals surface area contributed by atoms with E-state index >= 15 is 0 Å². The third-order valence-corrected chi connectivity index (χ3v) is 3.65. The van der Waals surface area contributed by atoms with Crippen LogP contribution in [0.5, 0.6) is 0 Å². The largest absolute Gasteiger partial charge is 0.382 e. The Morgan fingerprint density at radius 3 is 2.87 bits per heavy atom. The zero-order valence-corrected chi connectivity index (χ0v) is 11.0. The van der Waals surface area contributed by atoms with Gasteiger partial charge in [0.2, 0.25) is 0 Å². The van der Waals surface area contributed by atoms with E-state index in [0.717, 1.165) is 6.54 Å². The number of para-hydroxylation sites is 1. The fraction of sp³-hybridized carbons (Fsp3) is 0.500. The van der Waals surface area contributed by atoms with Crippen LogP contribution in [-0.2, 0) is 4.74 Å². The molecule has 2 atom stereocenters. The van der Waals surface area contributed by atoms with Crippen molar-refractivity contribution in [2.75, 3.05) is 11.9 Å². The fourth-order valence-corrected chi connectivity index (χ4v) is 2.44. The number of ether oxygens (including phenoxy) is 1. The Labute approximate surface area is 105 Å². The molecule has 82 valence electrons. The molecule has 0 amide bonds. The zero-order valence-electron chi connectivity index (χ0n) is 8.87. The summed E-state index contributed by atoms with van der Waals surface area (Å²) in [6.07, 6.45) is 3.19. The van der Waals surface area contributed by atoms with E-state index in [-0.39, 0.29) is 0 Å². The first-order valence-electron chi connectivity index (χ1n) is 5.39. The van der Waals surface area contributed by atoms with Gasteiger partial charge >= 0.3 is 0 Å². The molecule has 3 heteroatoms. The molecule has 0 radical (unpaired) electrons. The highest BCUT2D eigenvalue weighted by atomic mass is 127. The van der Waals surface area contributed by atoms with Crippen molar-refractivity contribution in [1.29, 1.82) is 0 Å². The number of anilines is 1. The minimum atomic E-state index is 0.385. The maximum atomic E-state index is 5.76. The van der Waals surface area contributed by atoms with Crippen molar-refractivity contribution >= 4 is 28.3 Å². The molecule has 1 fully saturated rings. The van der Waals surface area contributed by atoms with E-state index in [4.69, 9.17) is 4.74 Å². The molecule has 1 N–H and O–H groups in total. The third kappa shape index (κ3) is 3.08. The second-order valence-corrected chi connectivity index (χ2v) is 5.17. The highest BCUT2D eigenvalue weighted by Crippen LogP contribution is 2.21. The van der Waals surface area contributed by atoms with Crippen LogP contribution in [0.2, 0.25) is 0 Å². The number of hydrogen-bond acceptors (Lipinski definition) is 2. The van der Waals surface area contributed by atoms with Gasteiger partial charge in [-0.2, -0.15) is 0 Å². The van der Waals surface area contributed by atoms with E-state index in [9.17, 15) is 0 Å². The van der Waals surface area contributed by atoms with E-state index in [1.807, 2.05) is 0 Å². The van der Waals surface area contributed by atoms with Gasteiger partial charge in [-0.3, -0.25) is 0 Å². The maximum Gasteiger partial charge on any atom is 0.0751 e. The van der Waals surface area contributed by atoms with Gasteiger partial charge in [0.25, 0.3) is 0 Å². The van der Waals surface area contributed by atoms with Gasteiger partial charge in [0.15, 0.2) is 0 Å². The summed E-state index contributed by atoms with van der Waals surface area (Å²) < 4.78 is 7.02. The van der Waals surface area contributed by atoms with Crippen molar-refractivity contribution in [3.8, 4) is 0 Å². The van der Waals surface area contributed by atoms with Crippen molar-refractivity contribution in [3.05, 3.63) is 27.8 Å². The Hall–Kier alpha value is -0.290. The van der Waals surface area contributed by atoms with Crippen molar-refractivity contribution in [2.24, 2.45) is 0 Å². The highest BCUT2D eigenvalue weighted by molar-refractivity contribution is 14.1. The molecule has 15 heavy (non-hydrogen) atoms. The van der Waals surface area contributed by atoms with Crippen molar-refractivity contribution in [3.63, 3.8) is 0 Å². The van der Waals surface area contributed by atoms with Crippen LogP contribution in [0.1, 0.15) is 19.8 Å². The molecule has 0 saturated carbocycles. The van der Waals surface area contributed by atoms with E-state index in [2.05, 4.69) is 59.1 Å². The van der Waals surface area contributed by atoms with Gasteiger partial charge in [0.1, 0.15) is 0 Å². The lowest BCUT2D eigenvalue weighted by molar-refractivity contribution is 0.0637. The zero-order chi connectivity index (χ0) is 10.7. The van der Waals surface area contributed by atoms with Crippen LogP contribution >= 0.6 is 22.6 Å². The normalized spacial score (nSPS) is 25.5. The minimum Gasteiger partial charge on any atom is -0.382 e. The molecule has 0 aromatic heterocycles. The summed E-state index contributed by atoms with van der Waals surface area (Å²) in [6.45, 7) is 3.07. The molecule has 1 aliphatic heterocycles. The summed E-state index contributed by atoms with van der Waals surface area (Å²) in [5.41, 5.74) is 1.21. The molecule has 2 unspecified atom stereocenters. The standard InChI is InChI=1S/C12H16INO/c1-9-6-7-10(15-9)8-14-12-5-3-2-4-11(12)13/h2-5,9-10,14H,6-8H2,1H3. The lowest BCUT2D eigenvalue weighted by Crippen LogP contribution is -2.20. The minimum absolute atomic E-state index is 0.385. The summed E-state index contributed by atoms with van der Waals surface area (Å²) in [7, 11) is 0. The summed E-state index contributed by atoms with van der Waals surface area (Å²) in [4.78, 5) is 0. The SMILES string of the molecule is CC1CCC(CNc2ccccc2I)O1. The molecule has 0 spiro atoms. The van der Waals surface area contributed by atoms with Crippen molar-refractivity contribution < 1.29 is 4.74 Å². The van der Waals surface area contributed by atoms with Gasteiger partial charge in [-0.15, -0.1) is 0 Å². The number of rotatable bonds is 3. The predicted molar refractivity (Wildman–Crippen MR) is 71.2 cm³/mol. The van der Waals surface area contributed by atoms with Crippen LogP contribution in [0.4, 0.5) is 5.69 Å². The number of hydrogen-bond donors (Lipinski definition) is 1. The molecular formula is C12H16INO. The van der Waals surface area contributed by atoms with Crippen LogP contribution < -0.4 is 5.32 Å². The lowest BCUT2D eigenvalue weighted by Gasteiger charge is -2.14. The summed E-state index contributed by atoms with van der Waals surface area (Å²) in [6, 6.07) is 8.34. The average Bonchev–Trinajstić information content (AvgIpc) is 2.63. The van der Waals surface area contributed by atoms with E-state index < -0.39 is 0 Å². The van der Waals surface area contributed by atoms with E-state index in [1.165, 1.54) is 22.1 Å². The fourth-order valence-electron chi connectivity index (χ4n) is 1.86. The second-order valence-electron chi connectivity index (χ2n) is 4.01. The van der Waals surface area contributed by atoms with E-state index in [0.29, 0.717) is 12.2 Å². The molecule has 1 saturated heterocycles. The molecule has 1 aromatic carbocycles. The number of halogens is 1. The quantitative estimate of drug-likeness (QED) is 0.864. The van der Waals surface area contributed by atoms with Gasteiger partial charge in [-0.25, -0.2) is 0 Å². The molecule has 2 nitrogen and oxygen atoms in total. The molecule has 2 rings (SSSR count). The van der Waals surface area contributed by atoms with Crippen LogP contribution in [0, 0.1) is 3.57 Å². The first-order valence-corrected chi connectivity index (χ1v) is 6.47. The predicted octanol–water partition coefficient (Wildman–Crippen LogP) is 3.27. The van der Waals surface area contributed by atoms with Crippen LogP contribution in [-0.4, -0.2) is 18.8 Å². The van der Waals surface area contributed by atoms with Gasteiger partial charge in [-0.05, 0) is 54.5 Å². The van der Waals surface area contributed by atoms with Crippen molar-refractivity contribution in [2.45, 2.75) is 32.0 Å². The third-order valence-electron chi connectivity index (χ3n) is 2.71. The summed E-state index contributed by atoms with van der Waals surface area (Å²) in [5.74, 6) is 0. The molecular weight excluding hydrogens is 301 g/mol. The summed E-state index contributed by atoms with van der Waals surface area (Å²) in [5, 5.41) is 3.44. The van der Waals surface area contributed by atoms with Crippen LogP contribution in [0.3, 0.4) is 0 Å². The molecule has 1 heterocycles. The molecule has 0 aliphatic carbocycles. The molecule has 1 aromatic rings. The van der Waals surface area contributed by atoms with Gasteiger partial charge < -0.3 is 10.1 Å². The van der Waals surface area contributed by atoms with Gasteiger partial charge in [0.05, 0.1) is 12.2 Å². The Morgan fingerprint density at radius 2 is 2.20 bits per heavy atom. The number of benzene rings is 1. The van der Waals surface area contributed by atoms with Crippen LogP contribution in [0.25, 0.3) is 0 Å². The molecule has 0 bridgehead atoms. The van der Waals surface area contributed by atoms with Gasteiger partial charge in [0, 0.05) is 15.8 Å². The Bertz CT molecular complexity index is 329. The first kappa shape index (κ1) is 11.2. The highest BCUT2D eigenvalue weighted by Gasteiger charge is 2.21. The summed E-state index contributed by atoms with van der Waals surface area (Å²) >= 11 is 2.35. The molecule has 1 aliphatic rings. The maximum absolute atomic E-state index is 5.76. The topological polar surface area (TPSA) is 21.3 Å². The van der Waals surface area contributed by atoms with Gasteiger partial charge in [-0.1, -0.05) is 12.1 Å².